The van der Waals surface area contributed by atoms with Crippen molar-refractivity contribution in [2.75, 3.05) is 0 Å². The third-order valence-corrected chi connectivity index (χ3v) is 4.11. The molecule has 0 radical (unpaired) electrons. The molecule has 0 spiro atoms. The van der Waals surface area contributed by atoms with Gasteiger partial charge in [-0.1, -0.05) is 0 Å². The van der Waals surface area contributed by atoms with E-state index in [0.29, 0.717) is 22.0 Å². The number of carbonyl (C=O) groups excluding carboxylic acids is 1. The molecule has 0 bridgehead atoms. The van der Waals surface area contributed by atoms with E-state index in [1.54, 1.807) is 26.2 Å². The second-order valence-corrected chi connectivity index (χ2v) is 5.75. The molecule has 112 valence electrons. The average Bonchev–Trinajstić information content (AvgIpc) is 2.62. The number of aryl methyl sites for hydroxylation is 2. The summed E-state index contributed by atoms with van der Waals surface area (Å²) >= 11 is 3.35. The van der Waals surface area contributed by atoms with Crippen molar-refractivity contribution >= 4 is 38.7 Å². The van der Waals surface area contributed by atoms with Gasteiger partial charge in [-0.25, -0.2) is 4.79 Å². The fourth-order valence-electron chi connectivity index (χ4n) is 2.27. The number of aromatic nitrogens is 2. The van der Waals surface area contributed by atoms with Crippen molar-refractivity contribution in [1.82, 2.24) is 9.13 Å². The van der Waals surface area contributed by atoms with E-state index in [1.165, 1.54) is 9.13 Å². The van der Waals surface area contributed by atoms with Crippen LogP contribution in [0.2, 0.25) is 0 Å². The standard InChI is InChI=1S/C14H15BrN2O4/c1-16-10-6-8(12(18)4-3-5-13(19)20)9(15)7-11(10)17(2)14(16)21/h6-7H,3-5H2,1-2H3,(H,19,20). The molecule has 0 aliphatic rings. The van der Waals surface area contributed by atoms with Crippen LogP contribution in [0.15, 0.2) is 21.4 Å². The first-order valence-electron chi connectivity index (χ1n) is 6.43. The number of aliphatic carboxylic acids is 1. The van der Waals surface area contributed by atoms with Crippen LogP contribution in [0.3, 0.4) is 0 Å². The summed E-state index contributed by atoms with van der Waals surface area (Å²) in [5.74, 6) is -1.05. The van der Waals surface area contributed by atoms with Crippen molar-refractivity contribution in [2.45, 2.75) is 19.3 Å². The molecule has 0 saturated heterocycles. The minimum Gasteiger partial charge on any atom is -0.481 e. The quantitative estimate of drug-likeness (QED) is 0.833. The fraction of sp³-hybridized carbons (Fsp3) is 0.357. The maximum atomic E-state index is 12.2. The maximum absolute atomic E-state index is 12.2. The Balaban J connectivity index is 2.39. The SMILES string of the molecule is Cn1c(=O)n(C)c2cc(C(=O)CCCC(=O)O)c(Br)cc21. The van der Waals surface area contributed by atoms with Crippen LogP contribution in [-0.2, 0) is 18.9 Å². The number of hydrogen-bond acceptors (Lipinski definition) is 3. The summed E-state index contributed by atoms with van der Waals surface area (Å²) in [4.78, 5) is 34.5. The van der Waals surface area contributed by atoms with Gasteiger partial charge in [0.2, 0.25) is 0 Å². The number of hydrogen-bond donors (Lipinski definition) is 1. The molecule has 1 heterocycles. The number of Topliss-reactive ketones (excluding diaryl/α,β-unsaturated/α-hetero) is 1. The molecular formula is C14H15BrN2O4. The van der Waals surface area contributed by atoms with Gasteiger partial charge in [-0.15, -0.1) is 0 Å². The summed E-state index contributed by atoms with van der Waals surface area (Å²) < 4.78 is 3.60. The number of benzene rings is 1. The van der Waals surface area contributed by atoms with Gasteiger partial charge >= 0.3 is 11.7 Å². The van der Waals surface area contributed by atoms with Crippen molar-refractivity contribution in [3.8, 4) is 0 Å². The van der Waals surface area contributed by atoms with Gasteiger partial charge in [0, 0.05) is 37.0 Å². The Morgan fingerprint density at radius 3 is 2.29 bits per heavy atom. The number of nitrogens with zero attached hydrogens (tertiary/aromatic N) is 2. The van der Waals surface area contributed by atoms with Gasteiger partial charge in [0.1, 0.15) is 0 Å². The summed E-state index contributed by atoms with van der Waals surface area (Å²) in [6, 6.07) is 3.41. The Hall–Kier alpha value is -1.89. The molecule has 0 aliphatic heterocycles. The second-order valence-electron chi connectivity index (χ2n) is 4.89. The van der Waals surface area contributed by atoms with Gasteiger partial charge < -0.3 is 5.11 Å². The van der Waals surface area contributed by atoms with E-state index in [0.717, 1.165) is 5.52 Å². The average molecular weight is 355 g/mol. The van der Waals surface area contributed by atoms with E-state index < -0.39 is 5.97 Å². The predicted molar refractivity (Wildman–Crippen MR) is 81.7 cm³/mol. The molecule has 21 heavy (non-hydrogen) atoms. The maximum Gasteiger partial charge on any atom is 0.328 e. The highest BCUT2D eigenvalue weighted by molar-refractivity contribution is 9.10. The molecule has 0 atom stereocenters. The minimum atomic E-state index is -0.914. The van der Waals surface area contributed by atoms with Crippen molar-refractivity contribution in [3.63, 3.8) is 0 Å². The first kappa shape index (κ1) is 15.5. The molecule has 0 amide bonds. The van der Waals surface area contributed by atoms with Gasteiger partial charge in [-0.05, 0) is 34.5 Å². The lowest BCUT2D eigenvalue weighted by Crippen LogP contribution is -2.19. The van der Waals surface area contributed by atoms with Gasteiger partial charge in [-0.2, -0.15) is 0 Å². The van der Waals surface area contributed by atoms with Crippen LogP contribution in [0.1, 0.15) is 29.6 Å². The second kappa shape index (κ2) is 5.85. The van der Waals surface area contributed by atoms with E-state index in [4.69, 9.17) is 5.11 Å². The predicted octanol–water partition coefficient (Wildman–Crippen LogP) is 2.08. The molecule has 6 nitrogen and oxygen atoms in total. The number of carbonyl (C=O) groups is 2. The highest BCUT2D eigenvalue weighted by atomic mass is 79.9. The molecule has 1 aromatic heterocycles. The summed E-state index contributed by atoms with van der Waals surface area (Å²) in [5, 5.41) is 8.60. The molecule has 1 aromatic carbocycles. The van der Waals surface area contributed by atoms with Crippen LogP contribution < -0.4 is 5.69 Å². The molecule has 2 aromatic rings. The Bertz CT molecular complexity index is 788. The van der Waals surface area contributed by atoms with Crippen molar-refractivity contribution in [2.24, 2.45) is 14.1 Å². The number of imidazole rings is 1. The van der Waals surface area contributed by atoms with Gasteiger partial charge in [0.15, 0.2) is 5.78 Å². The summed E-state index contributed by atoms with van der Waals surface area (Å²) in [7, 11) is 3.32. The summed E-state index contributed by atoms with van der Waals surface area (Å²) in [6.45, 7) is 0. The topological polar surface area (TPSA) is 81.3 Å². The van der Waals surface area contributed by atoms with Crippen LogP contribution in [-0.4, -0.2) is 26.0 Å². The number of halogens is 1. The molecule has 0 saturated carbocycles. The monoisotopic (exact) mass is 354 g/mol. The highest BCUT2D eigenvalue weighted by Gasteiger charge is 2.16. The number of carboxylic acids is 1. The van der Waals surface area contributed by atoms with E-state index in [9.17, 15) is 14.4 Å². The zero-order valence-corrected chi connectivity index (χ0v) is 13.3. The molecular weight excluding hydrogens is 340 g/mol. The van der Waals surface area contributed by atoms with E-state index >= 15 is 0 Å². The largest absolute Gasteiger partial charge is 0.481 e. The third-order valence-electron chi connectivity index (χ3n) is 3.46. The van der Waals surface area contributed by atoms with Crippen LogP contribution in [0.25, 0.3) is 11.0 Å². The van der Waals surface area contributed by atoms with Crippen LogP contribution in [0.4, 0.5) is 0 Å². The zero-order chi connectivity index (χ0) is 15.7. The van der Waals surface area contributed by atoms with Gasteiger partial charge in [0.05, 0.1) is 11.0 Å². The number of carboxylic acid groups (broad SMARTS) is 1. The van der Waals surface area contributed by atoms with Gasteiger partial charge in [0.25, 0.3) is 0 Å². The van der Waals surface area contributed by atoms with Crippen LogP contribution in [0.5, 0.6) is 0 Å². The Labute approximate surface area is 129 Å². The first-order valence-corrected chi connectivity index (χ1v) is 7.22. The van der Waals surface area contributed by atoms with Gasteiger partial charge in [-0.3, -0.25) is 18.7 Å². The molecule has 0 fully saturated rings. The highest BCUT2D eigenvalue weighted by Crippen LogP contribution is 2.25. The van der Waals surface area contributed by atoms with Crippen molar-refractivity contribution < 1.29 is 14.7 Å². The normalized spacial score (nSPS) is 11.0. The third kappa shape index (κ3) is 2.92. The molecule has 2 rings (SSSR count). The summed E-state index contributed by atoms with van der Waals surface area (Å²) in [6.07, 6.45) is 0.430. The molecule has 7 heteroatoms. The summed E-state index contributed by atoms with van der Waals surface area (Å²) in [5.41, 5.74) is 1.71. The molecule has 1 N–H and O–H groups in total. The molecule has 0 unspecified atom stereocenters. The molecule has 0 aliphatic carbocycles. The van der Waals surface area contributed by atoms with Crippen molar-refractivity contribution in [1.29, 1.82) is 0 Å². The lowest BCUT2D eigenvalue weighted by Gasteiger charge is -2.05. The van der Waals surface area contributed by atoms with Crippen LogP contribution in [0, 0.1) is 0 Å². The van der Waals surface area contributed by atoms with E-state index in [1.807, 2.05) is 0 Å². The zero-order valence-electron chi connectivity index (χ0n) is 11.7. The number of fused-ring (bicyclic) bond motifs is 1. The first-order chi connectivity index (χ1) is 9.82. The number of rotatable bonds is 5. The minimum absolute atomic E-state index is 0.0323. The lowest BCUT2D eigenvalue weighted by atomic mass is 10.0. The Kier molecular flexibility index (Phi) is 4.32. The van der Waals surface area contributed by atoms with Crippen molar-refractivity contribution in [3.05, 3.63) is 32.7 Å². The van der Waals surface area contributed by atoms with E-state index in [2.05, 4.69) is 15.9 Å². The fourth-order valence-corrected chi connectivity index (χ4v) is 2.82. The Morgan fingerprint density at radius 2 is 1.71 bits per heavy atom. The number of ketones is 1. The van der Waals surface area contributed by atoms with E-state index in [-0.39, 0.29) is 24.3 Å². The van der Waals surface area contributed by atoms with Crippen LogP contribution >= 0.6 is 15.9 Å². The Morgan fingerprint density at radius 1 is 1.14 bits per heavy atom. The smallest absolute Gasteiger partial charge is 0.328 e. The lowest BCUT2D eigenvalue weighted by molar-refractivity contribution is -0.137.